The van der Waals surface area contributed by atoms with Gasteiger partial charge in [0.1, 0.15) is 0 Å². The second-order valence-electron chi connectivity index (χ2n) is 8.13. The van der Waals surface area contributed by atoms with Crippen molar-refractivity contribution in [1.29, 1.82) is 0 Å². The maximum Gasteiger partial charge on any atom is 0.191 e. The molecule has 2 fully saturated rings. The average molecular weight is 428 g/mol. The van der Waals surface area contributed by atoms with Gasteiger partial charge in [-0.05, 0) is 25.8 Å². The van der Waals surface area contributed by atoms with Gasteiger partial charge in [0, 0.05) is 54.7 Å². The first kappa shape index (κ1) is 20.1. The highest BCUT2D eigenvalue weighted by atomic mass is 32.2. The highest BCUT2D eigenvalue weighted by Crippen LogP contribution is 2.31. The number of nitrogens with one attached hydrogen (secondary N) is 1. The monoisotopic (exact) mass is 427 g/mol. The van der Waals surface area contributed by atoms with E-state index in [2.05, 4.69) is 49.8 Å². The lowest BCUT2D eigenvalue weighted by Gasteiger charge is -2.30. The molecule has 3 aromatic rings. The Bertz CT molecular complexity index is 981. The van der Waals surface area contributed by atoms with E-state index in [1.165, 1.54) is 5.39 Å². The molecule has 4 heterocycles. The zero-order valence-corrected chi connectivity index (χ0v) is 18.2. The third kappa shape index (κ3) is 4.27. The number of aromatic nitrogens is 4. The van der Waals surface area contributed by atoms with E-state index in [9.17, 15) is 0 Å². The van der Waals surface area contributed by atoms with Crippen molar-refractivity contribution >= 4 is 22.7 Å². The number of hydrogen-bond acceptors (Lipinski definition) is 6. The van der Waals surface area contributed by atoms with Crippen LogP contribution in [0.3, 0.4) is 0 Å². The van der Waals surface area contributed by atoms with Gasteiger partial charge in [-0.25, -0.2) is 0 Å². The third-order valence-electron chi connectivity index (χ3n) is 5.92. The zero-order chi connectivity index (χ0) is 20.3. The van der Waals surface area contributed by atoms with Crippen molar-refractivity contribution in [2.75, 3.05) is 38.6 Å². The lowest BCUT2D eigenvalue weighted by molar-refractivity contribution is -0.0158. The average Bonchev–Trinajstić information content (AvgIpc) is 3.49. The van der Waals surface area contributed by atoms with Crippen LogP contribution >= 0.6 is 11.8 Å². The molecule has 1 aromatic carbocycles. The lowest BCUT2D eigenvalue weighted by atomic mass is 10.1. The molecule has 2 saturated heterocycles. The number of para-hydroxylation sites is 1. The van der Waals surface area contributed by atoms with Crippen LogP contribution in [0.5, 0.6) is 0 Å². The predicted molar refractivity (Wildman–Crippen MR) is 119 cm³/mol. The number of H-pyrrole nitrogens is 1. The van der Waals surface area contributed by atoms with Crippen molar-refractivity contribution < 1.29 is 9.47 Å². The molecular formula is C22H29N5O2S. The Balaban J connectivity index is 1.37. The summed E-state index contributed by atoms with van der Waals surface area (Å²) in [4.78, 5) is 5.84. The van der Waals surface area contributed by atoms with Gasteiger partial charge in [-0.15, -0.1) is 10.2 Å². The Hall–Kier alpha value is -1.87. The van der Waals surface area contributed by atoms with E-state index >= 15 is 0 Å². The van der Waals surface area contributed by atoms with Gasteiger partial charge in [-0.3, -0.25) is 9.47 Å². The lowest BCUT2D eigenvalue weighted by Crippen LogP contribution is -2.42. The van der Waals surface area contributed by atoms with Crippen molar-refractivity contribution in [2.45, 2.75) is 43.7 Å². The minimum absolute atomic E-state index is 0.240. The summed E-state index contributed by atoms with van der Waals surface area (Å²) in [7, 11) is 0. The molecule has 2 aliphatic rings. The van der Waals surface area contributed by atoms with E-state index in [1.54, 1.807) is 11.8 Å². The first-order valence-electron chi connectivity index (χ1n) is 10.9. The molecule has 0 unspecified atom stereocenters. The number of nitrogens with zero attached hydrogens (tertiary/aromatic N) is 4. The highest BCUT2D eigenvalue weighted by Gasteiger charge is 2.23. The highest BCUT2D eigenvalue weighted by molar-refractivity contribution is 7.99. The number of thioether (sulfide) groups is 1. The standard InChI is InChI=1S/C22H29N5O2S/c1-16-14-26(8-11-28-16)9-12-30-22-25-24-21(27(22)15-17-5-4-10-29-17)19-13-23-20-7-3-2-6-18(19)20/h2-3,6-7,13,16-17,23H,4-5,8-12,14-15H2,1H3/t16-,17+/m0/s1. The van der Waals surface area contributed by atoms with Crippen LogP contribution < -0.4 is 0 Å². The van der Waals surface area contributed by atoms with Crippen LogP contribution in [0.1, 0.15) is 19.8 Å². The summed E-state index contributed by atoms with van der Waals surface area (Å²) in [6.07, 6.45) is 4.84. The minimum atomic E-state index is 0.240. The van der Waals surface area contributed by atoms with Crippen molar-refractivity contribution in [3.8, 4) is 11.4 Å². The maximum absolute atomic E-state index is 5.94. The summed E-state index contributed by atoms with van der Waals surface area (Å²) < 4.78 is 13.9. The van der Waals surface area contributed by atoms with E-state index in [-0.39, 0.29) is 6.10 Å². The van der Waals surface area contributed by atoms with Crippen LogP contribution in [-0.4, -0.2) is 75.5 Å². The second-order valence-corrected chi connectivity index (χ2v) is 9.19. The topological polar surface area (TPSA) is 68.2 Å². The first-order valence-corrected chi connectivity index (χ1v) is 11.8. The number of aromatic amines is 1. The molecule has 0 radical (unpaired) electrons. The smallest absolute Gasteiger partial charge is 0.191 e. The van der Waals surface area contributed by atoms with Gasteiger partial charge < -0.3 is 14.5 Å². The zero-order valence-electron chi connectivity index (χ0n) is 17.4. The number of fused-ring (bicyclic) bond motifs is 1. The summed E-state index contributed by atoms with van der Waals surface area (Å²) in [6, 6.07) is 8.35. The summed E-state index contributed by atoms with van der Waals surface area (Å²) in [6.45, 7) is 7.67. The number of morpholine rings is 1. The Morgan fingerprint density at radius 3 is 3.00 bits per heavy atom. The molecule has 0 aliphatic carbocycles. The van der Waals surface area contributed by atoms with E-state index in [4.69, 9.17) is 9.47 Å². The quantitative estimate of drug-likeness (QED) is 0.583. The molecule has 5 rings (SSSR count). The van der Waals surface area contributed by atoms with Gasteiger partial charge in [-0.2, -0.15) is 0 Å². The third-order valence-corrected chi connectivity index (χ3v) is 6.87. The molecular weight excluding hydrogens is 398 g/mol. The molecule has 2 atom stereocenters. The normalized spacial score (nSPS) is 22.8. The van der Waals surface area contributed by atoms with Crippen LogP contribution in [-0.2, 0) is 16.0 Å². The van der Waals surface area contributed by atoms with Crippen LogP contribution in [0.25, 0.3) is 22.3 Å². The predicted octanol–water partition coefficient (Wildman–Crippen LogP) is 3.42. The maximum atomic E-state index is 5.94. The molecule has 7 nitrogen and oxygen atoms in total. The minimum Gasteiger partial charge on any atom is -0.376 e. The van der Waals surface area contributed by atoms with Gasteiger partial charge >= 0.3 is 0 Å². The molecule has 0 bridgehead atoms. The van der Waals surface area contributed by atoms with Crippen LogP contribution in [0.2, 0.25) is 0 Å². The Labute approximate surface area is 181 Å². The van der Waals surface area contributed by atoms with Gasteiger partial charge in [0.05, 0.1) is 25.4 Å². The number of rotatable bonds is 7. The SMILES string of the molecule is C[C@H]1CN(CCSc2nnc(-c3c[nH]c4ccccc34)n2C[C@H]2CCCO2)CCO1. The fourth-order valence-electron chi connectivity index (χ4n) is 4.37. The Morgan fingerprint density at radius 2 is 2.13 bits per heavy atom. The van der Waals surface area contributed by atoms with Crippen molar-refractivity contribution in [3.63, 3.8) is 0 Å². The molecule has 0 saturated carbocycles. The molecule has 8 heteroatoms. The molecule has 1 N–H and O–H groups in total. The summed E-state index contributed by atoms with van der Waals surface area (Å²) in [5.74, 6) is 1.91. The molecule has 30 heavy (non-hydrogen) atoms. The van der Waals surface area contributed by atoms with Crippen LogP contribution in [0.4, 0.5) is 0 Å². The Kier molecular flexibility index (Phi) is 6.08. The molecule has 2 aliphatic heterocycles. The largest absolute Gasteiger partial charge is 0.376 e. The molecule has 0 amide bonds. The Morgan fingerprint density at radius 1 is 1.20 bits per heavy atom. The van der Waals surface area contributed by atoms with Crippen molar-refractivity contribution in [2.24, 2.45) is 0 Å². The van der Waals surface area contributed by atoms with Gasteiger partial charge in [-0.1, -0.05) is 30.0 Å². The second kappa shape index (κ2) is 9.09. The van der Waals surface area contributed by atoms with Gasteiger partial charge in [0.25, 0.3) is 0 Å². The fraction of sp³-hybridized carbons (Fsp3) is 0.545. The van der Waals surface area contributed by atoms with E-state index in [0.29, 0.717) is 6.10 Å². The number of hydrogen-bond donors (Lipinski definition) is 1. The number of benzene rings is 1. The number of ether oxygens (including phenoxy) is 2. The van der Waals surface area contributed by atoms with Gasteiger partial charge in [0.2, 0.25) is 0 Å². The van der Waals surface area contributed by atoms with Crippen molar-refractivity contribution in [1.82, 2.24) is 24.6 Å². The van der Waals surface area contributed by atoms with E-state index < -0.39 is 0 Å². The van der Waals surface area contributed by atoms with Crippen LogP contribution in [0, 0.1) is 0 Å². The van der Waals surface area contributed by atoms with Crippen LogP contribution in [0.15, 0.2) is 35.6 Å². The summed E-state index contributed by atoms with van der Waals surface area (Å²) in [5.41, 5.74) is 2.22. The van der Waals surface area contributed by atoms with E-state index in [0.717, 1.165) is 80.0 Å². The fourth-order valence-corrected chi connectivity index (χ4v) is 5.31. The molecule has 2 aromatic heterocycles. The van der Waals surface area contributed by atoms with E-state index in [1.807, 2.05) is 12.3 Å². The summed E-state index contributed by atoms with van der Waals surface area (Å²) >= 11 is 1.79. The molecule has 0 spiro atoms. The summed E-state index contributed by atoms with van der Waals surface area (Å²) in [5, 5.41) is 11.3. The molecule has 160 valence electrons. The first-order chi connectivity index (χ1) is 14.8. The van der Waals surface area contributed by atoms with Crippen molar-refractivity contribution in [3.05, 3.63) is 30.5 Å². The van der Waals surface area contributed by atoms with Gasteiger partial charge in [0.15, 0.2) is 11.0 Å².